The Kier molecular flexibility index (Phi) is 5.34. The summed E-state index contributed by atoms with van der Waals surface area (Å²) in [4.78, 5) is 12.4. The van der Waals surface area contributed by atoms with Crippen LogP contribution in [0.5, 0.6) is 5.75 Å². The molecule has 0 spiro atoms. The summed E-state index contributed by atoms with van der Waals surface area (Å²) in [7, 11) is 1.63. The van der Waals surface area contributed by atoms with E-state index in [2.05, 4.69) is 5.32 Å². The number of nitrogens with one attached hydrogen (secondary N) is 1. The second-order valence-electron chi connectivity index (χ2n) is 6.28. The van der Waals surface area contributed by atoms with Gasteiger partial charge in [0, 0.05) is 25.2 Å². The maximum absolute atomic E-state index is 13.8. The molecule has 1 N–H and O–H groups in total. The van der Waals surface area contributed by atoms with Gasteiger partial charge in [0.05, 0.1) is 12.7 Å². The number of rotatable bonds is 5. The van der Waals surface area contributed by atoms with E-state index in [1.54, 1.807) is 19.2 Å². The zero-order valence-corrected chi connectivity index (χ0v) is 14.3. The Bertz CT molecular complexity index is 724. The first kappa shape index (κ1) is 17.4. The molecular formula is C20H22FNO3. The topological polar surface area (TPSA) is 47.6 Å². The number of hydrogen-bond donors (Lipinski definition) is 1. The largest absolute Gasteiger partial charge is 0.497 e. The van der Waals surface area contributed by atoms with Gasteiger partial charge in [-0.25, -0.2) is 4.39 Å². The van der Waals surface area contributed by atoms with Crippen LogP contribution >= 0.6 is 0 Å². The number of amides is 1. The Labute approximate surface area is 147 Å². The highest BCUT2D eigenvalue weighted by Gasteiger charge is 2.35. The predicted octanol–water partition coefficient (Wildman–Crippen LogP) is 3.31. The number of methoxy groups -OCH3 is 1. The normalized spacial score (nSPS) is 16.2. The summed E-state index contributed by atoms with van der Waals surface area (Å²) in [5.74, 6) is -0.107. The molecule has 0 saturated carbocycles. The van der Waals surface area contributed by atoms with E-state index >= 15 is 0 Å². The highest BCUT2D eigenvalue weighted by molar-refractivity contribution is 5.94. The van der Waals surface area contributed by atoms with Crippen molar-refractivity contribution in [1.29, 1.82) is 0 Å². The molecule has 132 valence electrons. The van der Waals surface area contributed by atoms with Crippen LogP contribution in [0.3, 0.4) is 0 Å². The Morgan fingerprint density at radius 1 is 1.16 bits per heavy atom. The number of halogens is 1. The van der Waals surface area contributed by atoms with E-state index in [1.165, 1.54) is 12.1 Å². The Hall–Kier alpha value is -2.40. The van der Waals surface area contributed by atoms with Crippen molar-refractivity contribution in [3.8, 4) is 5.75 Å². The second-order valence-corrected chi connectivity index (χ2v) is 6.28. The lowest BCUT2D eigenvalue weighted by atomic mass is 9.74. The van der Waals surface area contributed by atoms with Crippen LogP contribution in [0, 0.1) is 5.82 Å². The van der Waals surface area contributed by atoms with Gasteiger partial charge in [0.1, 0.15) is 11.6 Å². The van der Waals surface area contributed by atoms with Crippen molar-refractivity contribution in [3.05, 3.63) is 65.5 Å². The van der Waals surface area contributed by atoms with E-state index in [9.17, 15) is 9.18 Å². The quantitative estimate of drug-likeness (QED) is 0.906. The van der Waals surface area contributed by atoms with E-state index < -0.39 is 11.7 Å². The van der Waals surface area contributed by atoms with Gasteiger partial charge in [-0.2, -0.15) is 0 Å². The summed E-state index contributed by atoms with van der Waals surface area (Å²) < 4.78 is 24.5. The monoisotopic (exact) mass is 343 g/mol. The van der Waals surface area contributed by atoms with Gasteiger partial charge in [0.15, 0.2) is 0 Å². The molecule has 1 aliphatic heterocycles. The van der Waals surface area contributed by atoms with Crippen LogP contribution in [-0.2, 0) is 10.2 Å². The Balaban J connectivity index is 1.79. The van der Waals surface area contributed by atoms with E-state index in [1.807, 2.05) is 24.3 Å². The van der Waals surface area contributed by atoms with E-state index in [4.69, 9.17) is 9.47 Å². The second kappa shape index (κ2) is 7.66. The first-order valence-electron chi connectivity index (χ1n) is 8.40. The van der Waals surface area contributed by atoms with Crippen LogP contribution in [-0.4, -0.2) is 32.8 Å². The molecule has 2 aromatic rings. The number of carbonyl (C=O) groups excluding carboxylic acids is 1. The first-order valence-corrected chi connectivity index (χ1v) is 8.40. The third kappa shape index (κ3) is 3.82. The highest BCUT2D eigenvalue weighted by atomic mass is 19.1. The minimum Gasteiger partial charge on any atom is -0.497 e. The molecule has 1 amide bonds. The summed E-state index contributed by atoms with van der Waals surface area (Å²) in [6, 6.07) is 13.9. The smallest absolute Gasteiger partial charge is 0.254 e. The third-order valence-electron chi connectivity index (χ3n) is 4.86. The summed E-state index contributed by atoms with van der Waals surface area (Å²) in [5.41, 5.74) is 0.982. The molecule has 1 fully saturated rings. The highest BCUT2D eigenvalue weighted by Crippen LogP contribution is 2.35. The molecule has 1 saturated heterocycles. The van der Waals surface area contributed by atoms with Crippen molar-refractivity contribution >= 4 is 5.91 Å². The zero-order valence-electron chi connectivity index (χ0n) is 14.3. The minimum absolute atomic E-state index is 0.0689. The van der Waals surface area contributed by atoms with Gasteiger partial charge in [-0.05, 0) is 42.7 Å². The van der Waals surface area contributed by atoms with Gasteiger partial charge in [0.25, 0.3) is 5.91 Å². The van der Waals surface area contributed by atoms with Crippen molar-refractivity contribution < 1.29 is 18.7 Å². The van der Waals surface area contributed by atoms with Crippen LogP contribution in [0.15, 0.2) is 48.5 Å². The molecule has 1 aliphatic rings. The molecule has 0 unspecified atom stereocenters. The molecule has 4 nitrogen and oxygen atoms in total. The lowest BCUT2D eigenvalue weighted by molar-refractivity contribution is 0.0486. The number of benzene rings is 2. The molecule has 0 radical (unpaired) electrons. The zero-order chi connectivity index (χ0) is 17.7. The van der Waals surface area contributed by atoms with Crippen LogP contribution < -0.4 is 10.1 Å². The fraction of sp³-hybridized carbons (Fsp3) is 0.350. The standard InChI is InChI=1S/C20H22FNO3/c1-24-16-8-6-15(7-9-16)20(10-12-25-13-11-20)14-22-19(23)17-4-2-3-5-18(17)21/h2-9H,10-14H2,1H3,(H,22,23). The predicted molar refractivity (Wildman–Crippen MR) is 93.5 cm³/mol. The molecule has 2 aromatic carbocycles. The lowest BCUT2D eigenvalue weighted by Crippen LogP contribution is -2.44. The van der Waals surface area contributed by atoms with Gasteiger partial charge in [0.2, 0.25) is 0 Å². The van der Waals surface area contributed by atoms with Crippen molar-refractivity contribution in [3.63, 3.8) is 0 Å². The number of carbonyl (C=O) groups is 1. The average molecular weight is 343 g/mol. The van der Waals surface area contributed by atoms with Crippen LogP contribution in [0.25, 0.3) is 0 Å². The van der Waals surface area contributed by atoms with Crippen LogP contribution in [0.2, 0.25) is 0 Å². The molecule has 0 bridgehead atoms. The van der Waals surface area contributed by atoms with E-state index in [0.717, 1.165) is 24.2 Å². The fourth-order valence-electron chi connectivity index (χ4n) is 3.26. The summed E-state index contributed by atoms with van der Waals surface area (Å²) in [5, 5.41) is 2.91. The SMILES string of the molecule is COc1ccc(C2(CNC(=O)c3ccccc3F)CCOCC2)cc1. The van der Waals surface area contributed by atoms with Gasteiger partial charge < -0.3 is 14.8 Å². The molecule has 25 heavy (non-hydrogen) atoms. The fourth-order valence-corrected chi connectivity index (χ4v) is 3.26. The minimum atomic E-state index is -0.509. The molecule has 3 rings (SSSR count). The molecule has 1 heterocycles. The van der Waals surface area contributed by atoms with E-state index in [-0.39, 0.29) is 11.0 Å². The number of hydrogen-bond acceptors (Lipinski definition) is 3. The number of ether oxygens (including phenoxy) is 2. The lowest BCUT2D eigenvalue weighted by Gasteiger charge is -2.38. The first-order chi connectivity index (χ1) is 12.1. The van der Waals surface area contributed by atoms with Crippen LogP contribution in [0.1, 0.15) is 28.8 Å². The summed E-state index contributed by atoms with van der Waals surface area (Å²) in [6.07, 6.45) is 1.60. The van der Waals surface area contributed by atoms with Gasteiger partial charge in [-0.3, -0.25) is 4.79 Å². The van der Waals surface area contributed by atoms with Crippen molar-refractivity contribution in [2.24, 2.45) is 0 Å². The Morgan fingerprint density at radius 3 is 2.48 bits per heavy atom. The van der Waals surface area contributed by atoms with Crippen molar-refractivity contribution in [1.82, 2.24) is 5.32 Å². The summed E-state index contributed by atoms with van der Waals surface area (Å²) >= 11 is 0. The maximum Gasteiger partial charge on any atom is 0.254 e. The Morgan fingerprint density at radius 2 is 1.84 bits per heavy atom. The van der Waals surface area contributed by atoms with Gasteiger partial charge in [-0.15, -0.1) is 0 Å². The molecule has 0 aliphatic carbocycles. The summed E-state index contributed by atoms with van der Waals surface area (Å²) in [6.45, 7) is 1.72. The van der Waals surface area contributed by atoms with Crippen molar-refractivity contribution in [2.45, 2.75) is 18.3 Å². The van der Waals surface area contributed by atoms with Gasteiger partial charge in [-0.1, -0.05) is 24.3 Å². The molecule has 0 aromatic heterocycles. The maximum atomic E-state index is 13.8. The van der Waals surface area contributed by atoms with Crippen LogP contribution in [0.4, 0.5) is 4.39 Å². The molecular weight excluding hydrogens is 321 g/mol. The van der Waals surface area contributed by atoms with E-state index in [0.29, 0.717) is 19.8 Å². The van der Waals surface area contributed by atoms with Crippen molar-refractivity contribution in [2.75, 3.05) is 26.9 Å². The molecule has 0 atom stereocenters. The third-order valence-corrected chi connectivity index (χ3v) is 4.86. The molecule has 5 heteroatoms. The average Bonchev–Trinajstić information content (AvgIpc) is 2.67. The van der Waals surface area contributed by atoms with Gasteiger partial charge >= 0.3 is 0 Å².